The first-order chi connectivity index (χ1) is 10.6. The minimum Gasteiger partial charge on any atom is -0.490 e. The number of benzene rings is 2. The van der Waals surface area contributed by atoms with E-state index in [1.54, 1.807) is 0 Å². The molecule has 0 fully saturated rings. The molecule has 0 amide bonds. The number of ether oxygens (including phenoxy) is 2. The lowest BCUT2D eigenvalue weighted by Crippen LogP contribution is -2.12. The van der Waals surface area contributed by atoms with Crippen molar-refractivity contribution >= 4 is 15.9 Å². The first kappa shape index (κ1) is 16.8. The van der Waals surface area contributed by atoms with Crippen LogP contribution < -0.4 is 14.8 Å². The van der Waals surface area contributed by atoms with Gasteiger partial charge in [-0.3, -0.25) is 0 Å². The molecule has 2 aromatic carbocycles. The fraction of sp³-hybridized carbons (Fsp3) is 0.333. The van der Waals surface area contributed by atoms with Crippen molar-refractivity contribution in [3.05, 3.63) is 57.6 Å². The molecule has 118 valence electrons. The number of hydrogen-bond acceptors (Lipinski definition) is 3. The molecule has 22 heavy (non-hydrogen) atoms. The molecule has 0 aliphatic carbocycles. The van der Waals surface area contributed by atoms with Crippen molar-refractivity contribution < 1.29 is 9.47 Å². The summed E-state index contributed by atoms with van der Waals surface area (Å²) in [6, 6.07) is 12.2. The van der Waals surface area contributed by atoms with Crippen LogP contribution in [0.4, 0.5) is 0 Å². The number of nitrogens with one attached hydrogen (secondary N) is 1. The summed E-state index contributed by atoms with van der Waals surface area (Å²) >= 11 is 3.48. The summed E-state index contributed by atoms with van der Waals surface area (Å²) in [5.74, 6) is 1.81. The second-order valence-electron chi connectivity index (χ2n) is 5.25. The van der Waals surface area contributed by atoms with Gasteiger partial charge >= 0.3 is 0 Å². The lowest BCUT2D eigenvalue weighted by atomic mass is 10.1. The summed E-state index contributed by atoms with van der Waals surface area (Å²) in [5, 5.41) is 3.15. The molecule has 1 N–H and O–H groups in total. The molecule has 0 aliphatic heterocycles. The predicted octanol–water partition coefficient (Wildman–Crippen LogP) is 4.24. The van der Waals surface area contributed by atoms with Gasteiger partial charge in [0.2, 0.25) is 0 Å². The van der Waals surface area contributed by atoms with Crippen LogP contribution in [0.25, 0.3) is 0 Å². The molecule has 0 aromatic heterocycles. The first-order valence-electron chi connectivity index (χ1n) is 7.36. The third-order valence-corrected chi connectivity index (χ3v) is 3.81. The van der Waals surface area contributed by atoms with Crippen molar-refractivity contribution in [3.8, 4) is 11.5 Å². The Morgan fingerprint density at radius 3 is 2.32 bits per heavy atom. The summed E-state index contributed by atoms with van der Waals surface area (Å²) in [7, 11) is 1.92. The molecule has 0 saturated heterocycles. The lowest BCUT2D eigenvalue weighted by molar-refractivity contribution is 0.215. The molecule has 0 heterocycles. The van der Waals surface area contributed by atoms with Gasteiger partial charge in [0, 0.05) is 16.6 Å². The quantitative estimate of drug-likeness (QED) is 0.746. The fourth-order valence-electron chi connectivity index (χ4n) is 2.28. The summed E-state index contributed by atoms with van der Waals surface area (Å²) in [5.41, 5.74) is 3.52. The average Bonchev–Trinajstić information content (AvgIpc) is 2.47. The molecular formula is C18H22BrNO2. The third-order valence-electron chi connectivity index (χ3n) is 3.32. The average molecular weight is 364 g/mol. The largest absolute Gasteiger partial charge is 0.490 e. The molecule has 4 heteroatoms. The Morgan fingerprint density at radius 1 is 0.955 bits per heavy atom. The van der Waals surface area contributed by atoms with Gasteiger partial charge in [-0.25, -0.2) is 0 Å². The van der Waals surface area contributed by atoms with Crippen molar-refractivity contribution in [1.82, 2.24) is 5.32 Å². The van der Waals surface area contributed by atoms with Gasteiger partial charge in [0.1, 0.15) is 24.7 Å². The highest BCUT2D eigenvalue weighted by Gasteiger charge is 2.05. The minimum atomic E-state index is 0.520. The highest BCUT2D eigenvalue weighted by atomic mass is 79.9. The topological polar surface area (TPSA) is 30.5 Å². The van der Waals surface area contributed by atoms with E-state index in [2.05, 4.69) is 53.3 Å². The number of rotatable bonds is 7. The Bertz CT molecular complexity index is 628. The fourth-order valence-corrected chi connectivity index (χ4v) is 2.69. The Morgan fingerprint density at radius 2 is 1.64 bits per heavy atom. The zero-order valence-corrected chi connectivity index (χ0v) is 14.9. The van der Waals surface area contributed by atoms with Crippen molar-refractivity contribution in [2.75, 3.05) is 20.3 Å². The predicted molar refractivity (Wildman–Crippen MR) is 93.8 cm³/mol. The van der Waals surface area contributed by atoms with Gasteiger partial charge in [-0.05, 0) is 50.7 Å². The summed E-state index contributed by atoms with van der Waals surface area (Å²) in [4.78, 5) is 0. The lowest BCUT2D eigenvalue weighted by Gasteiger charge is -2.13. The van der Waals surface area contributed by atoms with Crippen molar-refractivity contribution in [2.45, 2.75) is 20.4 Å². The SMILES string of the molecule is CNCc1cc(Br)ccc1OCCOc1ccc(C)cc1C. The summed E-state index contributed by atoms with van der Waals surface area (Å²) in [6.45, 7) is 5.96. The van der Waals surface area contributed by atoms with Crippen LogP contribution in [0.3, 0.4) is 0 Å². The van der Waals surface area contributed by atoms with E-state index in [1.807, 2.05) is 25.2 Å². The molecule has 0 bridgehead atoms. The van der Waals surface area contributed by atoms with E-state index in [9.17, 15) is 0 Å². The Labute approximate surface area is 140 Å². The third kappa shape index (κ3) is 4.75. The highest BCUT2D eigenvalue weighted by molar-refractivity contribution is 9.10. The van der Waals surface area contributed by atoms with Gasteiger partial charge in [-0.15, -0.1) is 0 Å². The van der Waals surface area contributed by atoms with E-state index in [0.29, 0.717) is 13.2 Å². The molecule has 3 nitrogen and oxygen atoms in total. The summed E-state index contributed by atoms with van der Waals surface area (Å²) < 4.78 is 12.7. The second kappa shape index (κ2) is 8.20. The molecule has 0 saturated carbocycles. The van der Waals surface area contributed by atoms with E-state index in [1.165, 1.54) is 5.56 Å². The molecule has 2 aromatic rings. The minimum absolute atomic E-state index is 0.520. The number of aryl methyl sites for hydroxylation is 2. The van der Waals surface area contributed by atoms with Gasteiger partial charge < -0.3 is 14.8 Å². The zero-order chi connectivity index (χ0) is 15.9. The number of hydrogen-bond donors (Lipinski definition) is 1. The van der Waals surface area contributed by atoms with Gasteiger partial charge in [-0.1, -0.05) is 33.6 Å². The first-order valence-corrected chi connectivity index (χ1v) is 8.15. The number of halogens is 1. The standard InChI is InChI=1S/C18H22BrNO2/c1-13-4-6-17(14(2)10-13)21-8-9-22-18-7-5-16(19)11-15(18)12-20-3/h4-7,10-11,20H,8-9,12H2,1-3H3. The van der Waals surface area contributed by atoms with Crippen LogP contribution in [0.5, 0.6) is 11.5 Å². The molecule has 0 unspecified atom stereocenters. The monoisotopic (exact) mass is 363 g/mol. The molecule has 0 radical (unpaired) electrons. The van der Waals surface area contributed by atoms with Gasteiger partial charge in [0.05, 0.1) is 0 Å². The Balaban J connectivity index is 1.88. The molecule has 2 rings (SSSR count). The smallest absolute Gasteiger partial charge is 0.124 e. The normalized spacial score (nSPS) is 10.5. The highest BCUT2D eigenvalue weighted by Crippen LogP contribution is 2.23. The van der Waals surface area contributed by atoms with E-state index in [4.69, 9.17) is 9.47 Å². The Hall–Kier alpha value is -1.52. The van der Waals surface area contributed by atoms with Crippen LogP contribution in [0.15, 0.2) is 40.9 Å². The van der Waals surface area contributed by atoms with Crippen LogP contribution in [0.2, 0.25) is 0 Å². The maximum absolute atomic E-state index is 5.84. The van der Waals surface area contributed by atoms with Gasteiger partial charge in [0.15, 0.2) is 0 Å². The molecule has 0 atom stereocenters. The van der Waals surface area contributed by atoms with Crippen LogP contribution >= 0.6 is 15.9 Å². The molecule has 0 aliphatic rings. The van der Waals surface area contributed by atoms with Crippen LogP contribution in [0, 0.1) is 13.8 Å². The Kier molecular flexibility index (Phi) is 6.28. The van der Waals surface area contributed by atoms with Crippen LogP contribution in [-0.2, 0) is 6.54 Å². The molecular weight excluding hydrogens is 342 g/mol. The maximum atomic E-state index is 5.84. The van der Waals surface area contributed by atoms with E-state index < -0.39 is 0 Å². The van der Waals surface area contributed by atoms with Crippen LogP contribution in [-0.4, -0.2) is 20.3 Å². The van der Waals surface area contributed by atoms with Crippen LogP contribution in [0.1, 0.15) is 16.7 Å². The van der Waals surface area contributed by atoms with E-state index in [-0.39, 0.29) is 0 Å². The van der Waals surface area contributed by atoms with E-state index in [0.717, 1.165) is 33.6 Å². The van der Waals surface area contributed by atoms with Crippen molar-refractivity contribution in [2.24, 2.45) is 0 Å². The summed E-state index contributed by atoms with van der Waals surface area (Å²) in [6.07, 6.45) is 0. The van der Waals surface area contributed by atoms with E-state index >= 15 is 0 Å². The second-order valence-corrected chi connectivity index (χ2v) is 6.16. The zero-order valence-electron chi connectivity index (χ0n) is 13.3. The van der Waals surface area contributed by atoms with Gasteiger partial charge in [-0.2, -0.15) is 0 Å². The van der Waals surface area contributed by atoms with Gasteiger partial charge in [0.25, 0.3) is 0 Å². The van der Waals surface area contributed by atoms with Crippen molar-refractivity contribution in [1.29, 1.82) is 0 Å². The maximum Gasteiger partial charge on any atom is 0.124 e. The molecule has 0 spiro atoms. The van der Waals surface area contributed by atoms with Crippen molar-refractivity contribution in [3.63, 3.8) is 0 Å².